The number of aliphatic hydroxyl groups is 1. The second kappa shape index (κ2) is 10.3. The average molecular weight is 444 g/mol. The quantitative estimate of drug-likeness (QED) is 0.585. The number of aliphatic hydroxyl groups excluding tert-OH is 1. The Bertz CT molecular complexity index is 904. The molecule has 166 valence electrons. The van der Waals surface area contributed by atoms with E-state index in [4.69, 9.17) is 11.6 Å². The Balaban J connectivity index is 1.52. The van der Waals surface area contributed by atoms with Crippen molar-refractivity contribution >= 4 is 23.4 Å². The van der Waals surface area contributed by atoms with E-state index in [0.717, 1.165) is 6.42 Å². The van der Waals surface area contributed by atoms with Crippen LogP contribution in [-0.2, 0) is 4.79 Å². The Morgan fingerprint density at radius 1 is 1.16 bits per heavy atom. The second-order valence-electron chi connectivity index (χ2n) is 8.54. The first-order chi connectivity index (χ1) is 14.8. The zero-order valence-corrected chi connectivity index (χ0v) is 18.7. The van der Waals surface area contributed by atoms with Crippen LogP contribution >= 0.6 is 11.6 Å². The molecule has 1 fully saturated rings. The molecule has 0 spiro atoms. The summed E-state index contributed by atoms with van der Waals surface area (Å²) in [4.78, 5) is 27.3. The van der Waals surface area contributed by atoms with Gasteiger partial charge in [0.15, 0.2) is 0 Å². The molecule has 0 aromatic heterocycles. The Morgan fingerprint density at radius 3 is 2.55 bits per heavy atom. The van der Waals surface area contributed by atoms with Crippen LogP contribution in [0.25, 0.3) is 0 Å². The first kappa shape index (κ1) is 23.3. The van der Waals surface area contributed by atoms with Crippen LogP contribution in [0, 0.1) is 0 Å². The molecule has 0 bridgehead atoms. The van der Waals surface area contributed by atoms with E-state index >= 15 is 0 Å². The van der Waals surface area contributed by atoms with Crippen molar-refractivity contribution in [1.29, 1.82) is 0 Å². The van der Waals surface area contributed by atoms with Crippen molar-refractivity contribution in [2.75, 3.05) is 19.6 Å². The fourth-order valence-electron chi connectivity index (χ4n) is 3.75. The van der Waals surface area contributed by atoms with Crippen molar-refractivity contribution < 1.29 is 14.7 Å². The van der Waals surface area contributed by atoms with Crippen LogP contribution in [0.2, 0.25) is 5.02 Å². The number of nitrogens with zero attached hydrogens (tertiary/aromatic N) is 1. The van der Waals surface area contributed by atoms with Gasteiger partial charge < -0.3 is 20.6 Å². The normalized spacial score (nSPS) is 17.4. The zero-order chi connectivity index (χ0) is 22.4. The van der Waals surface area contributed by atoms with Gasteiger partial charge in [0.25, 0.3) is 5.91 Å². The van der Waals surface area contributed by atoms with Gasteiger partial charge >= 0.3 is 0 Å². The monoisotopic (exact) mass is 443 g/mol. The molecule has 2 atom stereocenters. The van der Waals surface area contributed by atoms with Gasteiger partial charge in [0.2, 0.25) is 5.91 Å². The van der Waals surface area contributed by atoms with E-state index in [0.29, 0.717) is 42.2 Å². The lowest BCUT2D eigenvalue weighted by atomic mass is 10.0. The lowest BCUT2D eigenvalue weighted by molar-refractivity contribution is -0.125. The van der Waals surface area contributed by atoms with Crippen LogP contribution in [0.3, 0.4) is 0 Å². The fourth-order valence-corrected chi connectivity index (χ4v) is 4.01. The van der Waals surface area contributed by atoms with Crippen molar-refractivity contribution in [2.24, 2.45) is 0 Å². The molecule has 0 radical (unpaired) electrons. The third-order valence-electron chi connectivity index (χ3n) is 5.58. The minimum absolute atomic E-state index is 0.113. The van der Waals surface area contributed by atoms with Gasteiger partial charge in [0, 0.05) is 41.3 Å². The Morgan fingerprint density at radius 2 is 1.84 bits per heavy atom. The van der Waals surface area contributed by atoms with E-state index < -0.39 is 17.7 Å². The third-order valence-corrected chi connectivity index (χ3v) is 5.92. The molecule has 3 N–H and O–H groups in total. The van der Waals surface area contributed by atoms with Gasteiger partial charge in [-0.05, 0) is 44.9 Å². The highest BCUT2D eigenvalue weighted by Gasteiger charge is 2.35. The summed E-state index contributed by atoms with van der Waals surface area (Å²) in [6, 6.07) is 15.8. The van der Waals surface area contributed by atoms with Crippen molar-refractivity contribution in [3.8, 4) is 0 Å². The second-order valence-corrected chi connectivity index (χ2v) is 8.95. The number of carbonyl (C=O) groups is 2. The maximum atomic E-state index is 12.8. The number of amides is 2. The molecule has 0 saturated carbocycles. The van der Waals surface area contributed by atoms with Crippen molar-refractivity contribution in [2.45, 2.75) is 44.4 Å². The Hall–Kier alpha value is -2.41. The molecule has 31 heavy (non-hydrogen) atoms. The molecule has 3 rings (SSSR count). The predicted octanol–water partition coefficient (Wildman–Crippen LogP) is 3.16. The van der Waals surface area contributed by atoms with Crippen LogP contribution in [0.15, 0.2) is 54.6 Å². The molecular weight excluding hydrogens is 414 g/mol. The van der Waals surface area contributed by atoms with Gasteiger partial charge in [0.1, 0.15) is 6.04 Å². The smallest absolute Gasteiger partial charge is 0.254 e. The highest BCUT2D eigenvalue weighted by atomic mass is 35.5. The molecule has 1 unspecified atom stereocenters. The summed E-state index contributed by atoms with van der Waals surface area (Å²) in [6.07, 6.45) is 0.712. The zero-order valence-electron chi connectivity index (χ0n) is 18.0. The topological polar surface area (TPSA) is 81.7 Å². The fraction of sp³-hybridized carbons (Fsp3) is 0.417. The average Bonchev–Trinajstić information content (AvgIpc) is 3.26. The number of halogens is 1. The van der Waals surface area contributed by atoms with Gasteiger partial charge in [-0.1, -0.05) is 48.0 Å². The van der Waals surface area contributed by atoms with Crippen molar-refractivity contribution in [1.82, 2.24) is 15.5 Å². The Labute approximate surface area is 188 Å². The van der Waals surface area contributed by atoms with Gasteiger partial charge in [-0.25, -0.2) is 0 Å². The number of likely N-dealkylation sites (tertiary alicyclic amines) is 1. The van der Waals surface area contributed by atoms with Crippen LogP contribution in [0.4, 0.5) is 0 Å². The molecule has 2 aromatic carbocycles. The third kappa shape index (κ3) is 6.06. The molecule has 1 aliphatic rings. The summed E-state index contributed by atoms with van der Waals surface area (Å²) < 4.78 is 0. The first-order valence-electron chi connectivity index (χ1n) is 10.6. The predicted molar refractivity (Wildman–Crippen MR) is 122 cm³/mol. The van der Waals surface area contributed by atoms with Gasteiger partial charge in [0.05, 0.1) is 6.10 Å². The SMILES string of the molecule is CC(C)(CNC(=O)[C@@H]1CCCN1C(=O)c1ccccc1)NCC(O)c1ccccc1Cl. The number of hydrogen-bond donors (Lipinski definition) is 3. The first-order valence-corrected chi connectivity index (χ1v) is 11.0. The van der Waals surface area contributed by atoms with E-state index in [9.17, 15) is 14.7 Å². The van der Waals surface area contributed by atoms with Gasteiger partial charge in [-0.3, -0.25) is 9.59 Å². The maximum Gasteiger partial charge on any atom is 0.254 e. The van der Waals surface area contributed by atoms with Crippen LogP contribution in [0.1, 0.15) is 48.7 Å². The van der Waals surface area contributed by atoms with Crippen LogP contribution in [-0.4, -0.2) is 53.0 Å². The molecule has 6 nitrogen and oxygen atoms in total. The van der Waals surface area contributed by atoms with E-state index in [2.05, 4.69) is 10.6 Å². The summed E-state index contributed by atoms with van der Waals surface area (Å²) in [5.41, 5.74) is 0.806. The number of hydrogen-bond acceptors (Lipinski definition) is 4. The summed E-state index contributed by atoms with van der Waals surface area (Å²) >= 11 is 6.15. The number of nitrogens with one attached hydrogen (secondary N) is 2. The molecule has 1 heterocycles. The lowest BCUT2D eigenvalue weighted by Crippen LogP contribution is -2.53. The summed E-state index contributed by atoms with van der Waals surface area (Å²) in [7, 11) is 0. The standard InChI is InChI=1S/C24H30ClN3O3/c1-24(2,27-15-21(29)18-11-6-7-12-19(18)25)16-26-22(30)20-13-8-14-28(20)23(31)17-9-4-3-5-10-17/h3-7,9-12,20-21,27,29H,8,13-16H2,1-2H3,(H,26,30)/t20-,21?/m0/s1. The maximum absolute atomic E-state index is 12.8. The van der Waals surface area contributed by atoms with E-state index in [1.807, 2.05) is 44.2 Å². The number of carbonyl (C=O) groups excluding carboxylic acids is 2. The van der Waals surface area contributed by atoms with Gasteiger partial charge in [-0.2, -0.15) is 0 Å². The van der Waals surface area contributed by atoms with E-state index in [1.54, 1.807) is 29.2 Å². The molecule has 2 amide bonds. The Kier molecular flexibility index (Phi) is 7.70. The lowest BCUT2D eigenvalue weighted by Gasteiger charge is -2.30. The molecule has 2 aromatic rings. The molecular formula is C24H30ClN3O3. The number of β-amino-alcohol motifs (C(OH)–C–C–N with tert-alkyl or cyclic N) is 1. The summed E-state index contributed by atoms with van der Waals surface area (Å²) in [5.74, 6) is -0.262. The summed E-state index contributed by atoms with van der Waals surface area (Å²) in [6.45, 7) is 5.15. The highest BCUT2D eigenvalue weighted by Crippen LogP contribution is 2.23. The minimum Gasteiger partial charge on any atom is -0.387 e. The van der Waals surface area contributed by atoms with E-state index in [-0.39, 0.29) is 11.8 Å². The van der Waals surface area contributed by atoms with E-state index in [1.165, 1.54) is 0 Å². The number of benzene rings is 2. The van der Waals surface area contributed by atoms with Crippen LogP contribution < -0.4 is 10.6 Å². The molecule has 1 saturated heterocycles. The van der Waals surface area contributed by atoms with Crippen LogP contribution in [0.5, 0.6) is 0 Å². The van der Waals surface area contributed by atoms with Crippen molar-refractivity contribution in [3.05, 3.63) is 70.7 Å². The number of rotatable bonds is 8. The summed E-state index contributed by atoms with van der Waals surface area (Å²) in [5, 5.41) is 17.2. The molecule has 0 aliphatic carbocycles. The highest BCUT2D eigenvalue weighted by molar-refractivity contribution is 6.31. The molecule has 7 heteroatoms. The largest absolute Gasteiger partial charge is 0.387 e. The van der Waals surface area contributed by atoms with Gasteiger partial charge in [-0.15, -0.1) is 0 Å². The minimum atomic E-state index is -0.752. The molecule has 1 aliphatic heterocycles. The van der Waals surface area contributed by atoms with Crippen molar-refractivity contribution in [3.63, 3.8) is 0 Å².